The number of hydrogen-bond donors (Lipinski definition) is 2. The highest BCUT2D eigenvalue weighted by atomic mass is 28.4. The molecule has 1 amide bonds. The lowest BCUT2D eigenvalue weighted by Crippen LogP contribution is -2.50. The molecule has 0 radical (unpaired) electrons. The molecule has 1 aromatic carbocycles. The fourth-order valence-electron chi connectivity index (χ4n) is 3.04. The van der Waals surface area contributed by atoms with Crippen molar-refractivity contribution in [3.05, 3.63) is 30.0 Å². The van der Waals surface area contributed by atoms with E-state index in [2.05, 4.69) is 64.9 Å². The van der Waals surface area contributed by atoms with Crippen LogP contribution in [0, 0.1) is 0 Å². The number of benzene rings is 1. The first-order valence-corrected chi connectivity index (χ1v) is 18.1. The minimum Gasteiger partial charge on any atom is -0.543 e. The summed E-state index contributed by atoms with van der Waals surface area (Å²) in [6, 6.07) is 5.11. The van der Waals surface area contributed by atoms with Gasteiger partial charge >= 0.3 is 12.1 Å². The smallest absolute Gasteiger partial charge is 0.407 e. The molecule has 0 aliphatic carbocycles. The Morgan fingerprint density at radius 2 is 1.60 bits per heavy atom. The molecule has 196 valence electrons. The van der Waals surface area contributed by atoms with Crippen molar-refractivity contribution in [2.75, 3.05) is 6.61 Å². The largest absolute Gasteiger partial charge is 0.543 e. The molecule has 0 spiro atoms. The number of ether oxygens (including phenoxy) is 1. The maximum Gasteiger partial charge on any atom is 0.407 e. The van der Waals surface area contributed by atoms with Crippen molar-refractivity contribution in [1.82, 2.24) is 10.3 Å². The summed E-state index contributed by atoms with van der Waals surface area (Å²) in [5, 5.41) is 3.60. The summed E-state index contributed by atoms with van der Waals surface area (Å²) in [5.41, 5.74) is 1.84. The Morgan fingerprint density at radius 1 is 1.00 bits per heavy atom. The molecule has 1 unspecified atom stereocenters. The zero-order valence-corrected chi connectivity index (χ0v) is 25.3. The van der Waals surface area contributed by atoms with Crippen molar-refractivity contribution < 1.29 is 23.2 Å². The first kappa shape index (κ1) is 29.0. The van der Waals surface area contributed by atoms with Gasteiger partial charge in [-0.05, 0) is 67.0 Å². The number of rotatable bonds is 8. The molecule has 0 aliphatic heterocycles. The topological polar surface area (TPSA) is 89.6 Å². The van der Waals surface area contributed by atoms with E-state index < -0.39 is 34.7 Å². The third-order valence-electron chi connectivity index (χ3n) is 7.36. The number of alkyl carbamates (subject to hydrolysis) is 1. The van der Waals surface area contributed by atoms with Crippen LogP contribution in [-0.2, 0) is 20.4 Å². The Bertz CT molecular complexity index is 1050. The van der Waals surface area contributed by atoms with Crippen LogP contribution in [0.5, 0.6) is 5.75 Å². The fourth-order valence-corrected chi connectivity index (χ4v) is 5.02. The van der Waals surface area contributed by atoms with E-state index in [0.717, 1.165) is 22.2 Å². The number of carbonyl (C=O) groups is 2. The summed E-state index contributed by atoms with van der Waals surface area (Å²) in [4.78, 5) is 28.8. The summed E-state index contributed by atoms with van der Waals surface area (Å²) >= 11 is 0. The van der Waals surface area contributed by atoms with E-state index >= 15 is 0 Å². The highest BCUT2D eigenvalue weighted by Crippen LogP contribution is 2.39. The molecular weight excluding hydrogens is 476 g/mol. The van der Waals surface area contributed by atoms with Crippen LogP contribution in [0.25, 0.3) is 10.9 Å². The van der Waals surface area contributed by atoms with Crippen LogP contribution >= 0.6 is 0 Å². The van der Waals surface area contributed by atoms with Gasteiger partial charge in [-0.2, -0.15) is 0 Å². The first-order valence-electron chi connectivity index (χ1n) is 12.3. The van der Waals surface area contributed by atoms with E-state index in [0.29, 0.717) is 0 Å². The lowest BCUT2D eigenvalue weighted by atomic mass is 10.0. The molecule has 0 fully saturated rings. The van der Waals surface area contributed by atoms with Gasteiger partial charge in [0.25, 0.3) is 8.32 Å². The van der Waals surface area contributed by atoms with Crippen LogP contribution in [0.15, 0.2) is 24.4 Å². The van der Waals surface area contributed by atoms with Crippen LogP contribution < -0.4 is 9.74 Å². The fraction of sp³-hybridized carbons (Fsp3) is 0.615. The van der Waals surface area contributed by atoms with Crippen molar-refractivity contribution in [1.29, 1.82) is 0 Å². The Morgan fingerprint density at radius 3 is 2.14 bits per heavy atom. The number of H-pyrrole nitrogens is 1. The second-order valence-corrected chi connectivity index (χ2v) is 21.6. The zero-order valence-electron chi connectivity index (χ0n) is 23.3. The zero-order chi connectivity index (χ0) is 26.8. The highest BCUT2D eigenvalue weighted by Gasteiger charge is 2.42. The highest BCUT2D eigenvalue weighted by molar-refractivity contribution is 6.75. The van der Waals surface area contributed by atoms with Crippen molar-refractivity contribution in [2.24, 2.45) is 0 Å². The standard InChI is InChI=1S/C26H44N2O5Si2/c1-12-31-24(30)28-22(23(29)33-35(10,11)26(5,6)7)15-18-17-27-21-14-13-19(16-20(18)21)32-34(8,9)25(2,3)4/h13-14,16-17,22,27H,12,15H2,1-11H3,(H,28,30). The Labute approximate surface area is 212 Å². The first-order chi connectivity index (χ1) is 15.9. The van der Waals surface area contributed by atoms with E-state index in [-0.39, 0.29) is 23.1 Å². The number of amides is 1. The predicted octanol–water partition coefficient (Wildman–Crippen LogP) is 6.76. The Balaban J connectivity index is 2.37. The van der Waals surface area contributed by atoms with E-state index in [1.54, 1.807) is 6.92 Å². The van der Waals surface area contributed by atoms with Crippen molar-refractivity contribution >= 4 is 39.6 Å². The lowest BCUT2D eigenvalue weighted by molar-refractivity contribution is -0.137. The van der Waals surface area contributed by atoms with Crippen LogP contribution in [-0.4, -0.2) is 46.3 Å². The molecule has 9 heteroatoms. The van der Waals surface area contributed by atoms with Gasteiger partial charge in [0.1, 0.15) is 11.8 Å². The van der Waals surface area contributed by atoms with E-state index in [1.807, 2.05) is 37.5 Å². The molecule has 2 N–H and O–H groups in total. The number of aromatic amines is 1. The Kier molecular flexibility index (Phi) is 8.59. The maximum atomic E-state index is 13.3. The summed E-state index contributed by atoms with van der Waals surface area (Å²) in [5.74, 6) is 0.372. The Hall–Kier alpha value is -2.27. The minimum atomic E-state index is -2.37. The van der Waals surface area contributed by atoms with Crippen molar-refractivity contribution in [3.8, 4) is 5.75 Å². The van der Waals surface area contributed by atoms with Gasteiger partial charge in [0, 0.05) is 23.5 Å². The van der Waals surface area contributed by atoms with Gasteiger partial charge in [-0.25, -0.2) is 4.79 Å². The van der Waals surface area contributed by atoms with E-state index in [1.165, 1.54) is 0 Å². The second kappa shape index (κ2) is 10.4. The molecule has 0 saturated carbocycles. The summed E-state index contributed by atoms with van der Waals surface area (Å²) in [6.07, 6.45) is 1.52. The molecule has 0 aliphatic rings. The minimum absolute atomic E-state index is 0.0745. The van der Waals surface area contributed by atoms with Gasteiger partial charge < -0.3 is 23.9 Å². The maximum absolute atomic E-state index is 13.3. The van der Waals surface area contributed by atoms with Gasteiger partial charge in [0.2, 0.25) is 8.32 Å². The predicted molar refractivity (Wildman–Crippen MR) is 147 cm³/mol. The molecule has 7 nitrogen and oxygen atoms in total. The molecule has 1 atom stereocenters. The van der Waals surface area contributed by atoms with Crippen LogP contribution in [0.4, 0.5) is 4.79 Å². The molecule has 2 rings (SSSR count). The second-order valence-electron chi connectivity index (χ2n) is 12.2. The summed E-state index contributed by atoms with van der Waals surface area (Å²) in [7, 11) is -4.38. The monoisotopic (exact) mass is 520 g/mol. The normalized spacial score (nSPS) is 13.9. The van der Waals surface area contributed by atoms with Gasteiger partial charge in [-0.3, -0.25) is 4.79 Å². The SMILES string of the molecule is CCOC(=O)NC(Cc1c[nH]c2ccc(O[Si](C)(C)C(C)(C)C)cc12)C(=O)O[Si](C)(C)C(C)(C)C. The lowest BCUT2D eigenvalue weighted by Gasteiger charge is -2.36. The summed E-state index contributed by atoms with van der Waals surface area (Å²) in [6.45, 7) is 23.2. The molecule has 35 heavy (non-hydrogen) atoms. The van der Waals surface area contributed by atoms with Crippen LogP contribution in [0.1, 0.15) is 54.0 Å². The van der Waals surface area contributed by atoms with Crippen molar-refractivity contribution in [2.45, 2.75) is 97.2 Å². The number of aromatic nitrogens is 1. The van der Waals surface area contributed by atoms with Gasteiger partial charge in [-0.15, -0.1) is 0 Å². The summed E-state index contributed by atoms with van der Waals surface area (Å²) < 4.78 is 17.6. The number of hydrogen-bond acceptors (Lipinski definition) is 5. The molecule has 1 aromatic heterocycles. The van der Waals surface area contributed by atoms with Gasteiger partial charge in [0.05, 0.1) is 6.61 Å². The van der Waals surface area contributed by atoms with E-state index in [9.17, 15) is 9.59 Å². The molecule has 1 heterocycles. The number of carbonyl (C=O) groups excluding carboxylic acids is 2. The van der Waals surface area contributed by atoms with E-state index in [4.69, 9.17) is 13.6 Å². The van der Waals surface area contributed by atoms with Crippen LogP contribution in [0.3, 0.4) is 0 Å². The quantitative estimate of drug-likeness (QED) is 0.375. The molecule has 2 aromatic rings. The van der Waals surface area contributed by atoms with Crippen LogP contribution in [0.2, 0.25) is 36.3 Å². The molecule has 0 saturated heterocycles. The molecule has 0 bridgehead atoms. The average molecular weight is 521 g/mol. The number of nitrogens with one attached hydrogen (secondary N) is 2. The average Bonchev–Trinajstić information content (AvgIpc) is 3.07. The molecular formula is C26H44N2O5Si2. The van der Waals surface area contributed by atoms with Gasteiger partial charge in [0.15, 0.2) is 0 Å². The van der Waals surface area contributed by atoms with Gasteiger partial charge in [-0.1, -0.05) is 41.5 Å². The third-order valence-corrected chi connectivity index (χ3v) is 16.0. The number of fused-ring (bicyclic) bond motifs is 1. The van der Waals surface area contributed by atoms with Crippen molar-refractivity contribution in [3.63, 3.8) is 0 Å². The third kappa shape index (κ3) is 7.13.